The Hall–Kier alpha value is -5.74. The Morgan fingerprint density at radius 2 is 1.47 bits per heavy atom. The monoisotopic (exact) mass is 815 g/mol. The van der Waals surface area contributed by atoms with Crippen LogP contribution in [-0.4, -0.2) is 108 Å². The molecule has 1 aliphatic carbocycles. The van der Waals surface area contributed by atoms with Crippen molar-refractivity contribution in [3.8, 4) is 0 Å². The van der Waals surface area contributed by atoms with Gasteiger partial charge in [-0.3, -0.25) is 39.0 Å². The number of nitrogens with zero attached hydrogens (tertiary/aromatic N) is 6. The van der Waals surface area contributed by atoms with Crippen LogP contribution in [0.5, 0.6) is 0 Å². The van der Waals surface area contributed by atoms with Crippen LogP contribution >= 0.6 is 11.6 Å². The number of piperazine rings is 1. The van der Waals surface area contributed by atoms with Crippen molar-refractivity contribution in [3.63, 3.8) is 0 Å². The van der Waals surface area contributed by atoms with Crippen molar-refractivity contribution in [2.24, 2.45) is 11.3 Å². The third kappa shape index (κ3) is 7.11. The summed E-state index contributed by atoms with van der Waals surface area (Å²) in [5.74, 6) is -2.07. The number of rotatable bonds is 6. The maximum atomic E-state index is 13.5. The molecule has 5 heterocycles. The molecule has 2 atom stereocenters. The van der Waals surface area contributed by atoms with E-state index in [2.05, 4.69) is 26.9 Å². The maximum absolute atomic E-state index is 13.5. The standard InChI is InChI=1S/C45H46ClN7O6/c1-27-25-45(26-52(27)33-7-8-37(47-2)36(46)24-33)11-13-49(14-12-45)32-5-3-29(4-6-32)42(57)51-17-15-50(16-18-51)40(55)21-28-19-30-22-34-35(23-31(30)20-28)44(59)53(43(34)58)38-9-10-39(54)48-41(38)56/h3-8,22-24,27-28,38H,9-21,25-26H2,1H3,(H,48,54,56)/t27-,38?/m0/s1. The van der Waals surface area contributed by atoms with Crippen LogP contribution in [0.15, 0.2) is 54.6 Å². The van der Waals surface area contributed by atoms with Gasteiger partial charge in [-0.05, 0) is 116 Å². The Morgan fingerprint density at radius 1 is 0.847 bits per heavy atom. The van der Waals surface area contributed by atoms with E-state index in [1.807, 2.05) is 52.3 Å². The van der Waals surface area contributed by atoms with Crippen molar-refractivity contribution < 1.29 is 28.8 Å². The molecular formula is C45H46ClN7O6. The van der Waals surface area contributed by atoms with Crippen LogP contribution in [0.2, 0.25) is 5.02 Å². The van der Waals surface area contributed by atoms with E-state index in [4.69, 9.17) is 18.2 Å². The molecule has 1 N–H and O–H groups in total. The van der Waals surface area contributed by atoms with E-state index in [0.717, 1.165) is 66.3 Å². The molecule has 9 rings (SSSR count). The number of carbonyl (C=O) groups is 6. The number of amides is 6. The predicted octanol–water partition coefficient (Wildman–Crippen LogP) is 5.27. The quantitative estimate of drug-likeness (QED) is 0.263. The fourth-order valence-electron chi connectivity index (χ4n) is 10.4. The summed E-state index contributed by atoms with van der Waals surface area (Å²) < 4.78 is 0. The van der Waals surface area contributed by atoms with Gasteiger partial charge in [0.25, 0.3) is 17.7 Å². The summed E-state index contributed by atoms with van der Waals surface area (Å²) in [6.07, 6.45) is 5.00. The van der Waals surface area contributed by atoms with Crippen LogP contribution < -0.4 is 15.1 Å². The minimum atomic E-state index is -1.00. The van der Waals surface area contributed by atoms with Gasteiger partial charge in [-0.25, -0.2) is 4.85 Å². The summed E-state index contributed by atoms with van der Waals surface area (Å²) in [7, 11) is 0. The average molecular weight is 816 g/mol. The summed E-state index contributed by atoms with van der Waals surface area (Å²) in [6, 6.07) is 16.5. The van der Waals surface area contributed by atoms with Gasteiger partial charge >= 0.3 is 0 Å². The number of hydrogen-bond donors (Lipinski definition) is 1. The number of fused-ring (bicyclic) bond motifs is 2. The molecule has 14 heteroatoms. The van der Waals surface area contributed by atoms with Crippen molar-refractivity contribution in [2.45, 2.75) is 70.4 Å². The molecule has 0 saturated carbocycles. The number of anilines is 2. The van der Waals surface area contributed by atoms with Crippen LogP contribution in [0.4, 0.5) is 17.1 Å². The van der Waals surface area contributed by atoms with Crippen LogP contribution in [0.25, 0.3) is 4.85 Å². The van der Waals surface area contributed by atoms with Gasteiger partial charge in [-0.1, -0.05) is 17.7 Å². The molecule has 6 amide bonds. The molecule has 304 valence electrons. The number of nitrogens with one attached hydrogen (secondary N) is 1. The molecule has 5 aliphatic heterocycles. The summed E-state index contributed by atoms with van der Waals surface area (Å²) in [4.78, 5) is 90.6. The molecule has 3 aromatic rings. The van der Waals surface area contributed by atoms with Gasteiger partial charge in [-0.2, -0.15) is 0 Å². The molecule has 0 radical (unpaired) electrons. The first-order valence-electron chi connectivity index (χ1n) is 20.6. The molecule has 13 nitrogen and oxygen atoms in total. The fourth-order valence-corrected chi connectivity index (χ4v) is 10.6. The number of piperidine rings is 2. The lowest BCUT2D eigenvalue weighted by Crippen LogP contribution is -2.54. The number of hydrogen-bond acceptors (Lipinski definition) is 8. The minimum absolute atomic E-state index is 0.0331. The molecule has 59 heavy (non-hydrogen) atoms. The van der Waals surface area contributed by atoms with Crippen LogP contribution in [0.1, 0.15) is 87.6 Å². The summed E-state index contributed by atoms with van der Waals surface area (Å²) in [5, 5.41) is 2.72. The lowest BCUT2D eigenvalue weighted by Gasteiger charge is -2.40. The maximum Gasteiger partial charge on any atom is 0.262 e. The molecule has 6 aliphatic rings. The summed E-state index contributed by atoms with van der Waals surface area (Å²) >= 11 is 6.38. The predicted molar refractivity (Wildman–Crippen MR) is 221 cm³/mol. The van der Waals surface area contributed by atoms with E-state index >= 15 is 0 Å². The van der Waals surface area contributed by atoms with Crippen LogP contribution in [-0.2, 0) is 27.2 Å². The molecule has 0 aromatic heterocycles. The second-order valence-electron chi connectivity index (χ2n) is 17.2. The molecule has 1 unspecified atom stereocenters. The van der Waals surface area contributed by atoms with E-state index < -0.39 is 29.7 Å². The Bertz CT molecular complexity index is 2280. The normalized spacial score (nSPS) is 22.8. The zero-order valence-electron chi connectivity index (χ0n) is 33.0. The third-order valence-corrected chi connectivity index (χ3v) is 13.9. The first kappa shape index (κ1) is 38.8. The SMILES string of the molecule is [C-]#[N+]c1ccc(N2CC3(CCN(c4ccc(C(=O)N5CCN(C(=O)CC6Cc7cc8c(cc7C6)C(=O)N(C6CCC(=O)NC6=O)C8=O)CC5)cc4)CC3)C[C@@H]2C)cc1Cl. The highest BCUT2D eigenvalue weighted by Gasteiger charge is 2.46. The van der Waals surface area contributed by atoms with E-state index in [1.165, 1.54) is 0 Å². The van der Waals surface area contributed by atoms with Crippen LogP contribution in [0.3, 0.4) is 0 Å². The zero-order chi connectivity index (χ0) is 41.2. The smallest absolute Gasteiger partial charge is 0.262 e. The minimum Gasteiger partial charge on any atom is -0.371 e. The van der Waals surface area contributed by atoms with Gasteiger partial charge in [0.15, 0.2) is 0 Å². The van der Waals surface area contributed by atoms with E-state index in [-0.39, 0.29) is 47.1 Å². The molecule has 0 bridgehead atoms. The third-order valence-electron chi connectivity index (χ3n) is 13.6. The van der Waals surface area contributed by atoms with Gasteiger partial charge in [0.05, 0.1) is 17.7 Å². The molecular weight excluding hydrogens is 770 g/mol. The second-order valence-corrected chi connectivity index (χ2v) is 17.6. The molecule has 1 spiro atoms. The highest BCUT2D eigenvalue weighted by molar-refractivity contribution is 6.33. The number of carbonyl (C=O) groups excluding carboxylic acids is 6. The van der Waals surface area contributed by atoms with Gasteiger partial charge in [-0.15, -0.1) is 0 Å². The summed E-state index contributed by atoms with van der Waals surface area (Å²) in [6.45, 7) is 14.3. The topological polar surface area (TPSA) is 135 Å². The Morgan fingerprint density at radius 3 is 2.08 bits per heavy atom. The average Bonchev–Trinajstić information content (AvgIpc) is 3.86. The van der Waals surface area contributed by atoms with Gasteiger partial charge in [0, 0.05) is 86.7 Å². The lowest BCUT2D eigenvalue weighted by atomic mass is 9.76. The van der Waals surface area contributed by atoms with E-state index in [9.17, 15) is 28.8 Å². The molecule has 3 aromatic carbocycles. The summed E-state index contributed by atoms with van der Waals surface area (Å²) in [5.41, 5.74) is 5.93. The fraction of sp³-hybridized carbons (Fsp3) is 0.444. The lowest BCUT2D eigenvalue weighted by molar-refractivity contribution is -0.136. The van der Waals surface area contributed by atoms with Crippen molar-refractivity contribution in [2.75, 3.05) is 55.6 Å². The van der Waals surface area contributed by atoms with Crippen LogP contribution in [0, 0.1) is 17.9 Å². The Kier molecular flexibility index (Phi) is 9.94. The largest absolute Gasteiger partial charge is 0.371 e. The highest BCUT2D eigenvalue weighted by Crippen LogP contribution is 2.46. The number of imide groups is 2. The molecule has 4 fully saturated rings. The number of benzene rings is 3. The Labute approximate surface area is 348 Å². The second kappa shape index (κ2) is 15.1. The number of halogens is 1. The van der Waals surface area contributed by atoms with Gasteiger partial charge in [0.1, 0.15) is 6.04 Å². The van der Waals surface area contributed by atoms with Crippen molar-refractivity contribution >= 4 is 64.1 Å². The van der Waals surface area contributed by atoms with Gasteiger partial charge < -0.3 is 19.6 Å². The van der Waals surface area contributed by atoms with Crippen molar-refractivity contribution in [1.29, 1.82) is 0 Å². The van der Waals surface area contributed by atoms with E-state index in [1.54, 1.807) is 12.1 Å². The Balaban J connectivity index is 0.739. The first-order chi connectivity index (χ1) is 28.4. The van der Waals surface area contributed by atoms with E-state index in [0.29, 0.717) is 67.8 Å². The zero-order valence-corrected chi connectivity index (χ0v) is 33.8. The van der Waals surface area contributed by atoms with Crippen molar-refractivity contribution in [3.05, 3.63) is 98.9 Å². The first-order valence-corrected chi connectivity index (χ1v) is 21.0. The van der Waals surface area contributed by atoms with Gasteiger partial charge in [0.2, 0.25) is 23.4 Å². The highest BCUT2D eigenvalue weighted by atomic mass is 35.5. The molecule has 4 saturated heterocycles. The van der Waals surface area contributed by atoms with Crippen molar-refractivity contribution in [1.82, 2.24) is 20.0 Å².